The van der Waals surface area contributed by atoms with Crippen molar-refractivity contribution in [2.75, 3.05) is 24.3 Å². The van der Waals surface area contributed by atoms with Gasteiger partial charge in [-0.05, 0) is 11.4 Å². The number of rotatable bonds is 3. The third-order valence-corrected chi connectivity index (χ3v) is 5.63. The fourth-order valence-corrected chi connectivity index (χ4v) is 5.33. The Morgan fingerprint density at radius 1 is 1.44 bits per heavy atom. The molecule has 1 nitrogen and oxygen atoms in total. The van der Waals surface area contributed by atoms with Crippen molar-refractivity contribution in [3.05, 3.63) is 22.4 Å². The van der Waals surface area contributed by atoms with Gasteiger partial charge in [0.15, 0.2) is 12.7 Å². The zero-order valence-electron chi connectivity index (χ0n) is 10.4. The van der Waals surface area contributed by atoms with Crippen molar-refractivity contribution in [2.24, 2.45) is 0 Å². The average Bonchev–Trinajstić information content (AvgIpc) is 2.69. The molecule has 2 rings (SSSR count). The van der Waals surface area contributed by atoms with Crippen LogP contribution in [0.5, 0.6) is 0 Å². The van der Waals surface area contributed by atoms with Gasteiger partial charge in [-0.25, -0.2) is 0 Å². The molecule has 1 aromatic rings. The van der Waals surface area contributed by atoms with Crippen molar-refractivity contribution in [1.82, 2.24) is 0 Å². The van der Waals surface area contributed by atoms with Crippen LogP contribution in [0.2, 0.25) is 19.6 Å². The molecule has 1 fully saturated rings. The molecule has 0 spiro atoms. The molecule has 0 bridgehead atoms. The largest absolute Gasteiger partial charge is 0.418 e. The third kappa shape index (κ3) is 3.36. The van der Waals surface area contributed by atoms with Crippen LogP contribution in [-0.4, -0.2) is 32.4 Å². The Bertz CT molecular complexity index is 318. The van der Waals surface area contributed by atoms with Crippen LogP contribution in [0.4, 0.5) is 0 Å². The first-order valence-electron chi connectivity index (χ1n) is 5.82. The molecule has 0 radical (unpaired) electrons. The van der Waals surface area contributed by atoms with Crippen LogP contribution in [0.25, 0.3) is 0 Å². The van der Waals surface area contributed by atoms with E-state index in [9.17, 15) is 0 Å². The zero-order chi connectivity index (χ0) is 11.6. The van der Waals surface area contributed by atoms with Crippen LogP contribution in [0, 0.1) is 0 Å². The van der Waals surface area contributed by atoms with E-state index in [1.807, 2.05) is 11.3 Å². The molecule has 2 heterocycles. The second-order valence-corrected chi connectivity index (χ2v) is 12.9. The van der Waals surface area contributed by atoms with Gasteiger partial charge >= 0.3 is 0 Å². The molecule has 16 heavy (non-hydrogen) atoms. The van der Waals surface area contributed by atoms with Crippen LogP contribution < -0.4 is 0 Å². The maximum atomic E-state index is 3.61. The molecule has 1 atom stereocenters. The van der Waals surface area contributed by atoms with Crippen molar-refractivity contribution in [1.29, 1.82) is 0 Å². The summed E-state index contributed by atoms with van der Waals surface area (Å²) in [4.78, 5) is 0. The lowest BCUT2D eigenvalue weighted by atomic mass is 10.2. The van der Waals surface area contributed by atoms with Gasteiger partial charge in [0.2, 0.25) is 0 Å². The average molecular weight is 274 g/mol. The summed E-state index contributed by atoms with van der Waals surface area (Å²) in [5.41, 5.74) is 1.50. The lowest BCUT2D eigenvalue weighted by molar-refractivity contribution is -0.162. The maximum Gasteiger partial charge on any atom is 0.191 e. The van der Waals surface area contributed by atoms with E-state index in [2.05, 4.69) is 52.6 Å². The fraction of sp³-hybridized carbons (Fsp3) is 0.667. The summed E-state index contributed by atoms with van der Waals surface area (Å²) < 4.78 is 3.61. The second-order valence-electron chi connectivity index (χ2n) is 5.57. The highest BCUT2D eigenvalue weighted by Crippen LogP contribution is 2.34. The Morgan fingerprint density at radius 2 is 2.25 bits per heavy atom. The van der Waals surface area contributed by atoms with Gasteiger partial charge in [0.05, 0.1) is 11.5 Å². The molecule has 0 N–H and O–H groups in total. The standard InChI is InChI=1S/C12H21OS2Si/c1-16(2,3)10-13-5-7-15-9-12(13)11-4-6-14-8-11/h4,6,8,12H,5,7,9-10H2,1-3H3/q+1/t12-/m1/s1. The van der Waals surface area contributed by atoms with Gasteiger partial charge in [-0.3, -0.25) is 0 Å². The fourth-order valence-electron chi connectivity index (χ4n) is 2.07. The van der Waals surface area contributed by atoms with Crippen LogP contribution in [0.15, 0.2) is 16.8 Å². The Hall–Kier alpha value is 0.227. The van der Waals surface area contributed by atoms with Gasteiger partial charge in [-0.2, -0.15) is 11.3 Å². The van der Waals surface area contributed by atoms with Gasteiger partial charge in [0.25, 0.3) is 0 Å². The molecule has 90 valence electrons. The van der Waals surface area contributed by atoms with Crippen molar-refractivity contribution < 1.29 is 4.37 Å². The van der Waals surface area contributed by atoms with E-state index in [4.69, 9.17) is 0 Å². The monoisotopic (exact) mass is 273 g/mol. The molecular formula is C12H21OS2Si+. The van der Waals surface area contributed by atoms with E-state index >= 15 is 0 Å². The number of thiophene rings is 1. The Kier molecular flexibility index (Phi) is 4.16. The first kappa shape index (κ1) is 12.7. The zero-order valence-corrected chi connectivity index (χ0v) is 13.0. The summed E-state index contributed by atoms with van der Waals surface area (Å²) in [6, 6.07) is 2.28. The van der Waals surface area contributed by atoms with E-state index in [0.29, 0.717) is 6.10 Å². The molecule has 0 aromatic carbocycles. The van der Waals surface area contributed by atoms with E-state index in [1.165, 1.54) is 29.9 Å². The highest BCUT2D eigenvalue weighted by atomic mass is 32.2. The molecule has 1 saturated heterocycles. The smallest absolute Gasteiger partial charge is 0.191 e. The lowest BCUT2D eigenvalue weighted by Gasteiger charge is -2.34. The molecule has 0 unspecified atom stereocenters. The van der Waals surface area contributed by atoms with Gasteiger partial charge in [0.1, 0.15) is 14.3 Å². The predicted octanol–water partition coefficient (Wildman–Crippen LogP) is 3.97. The maximum absolute atomic E-state index is 3.61. The van der Waals surface area contributed by atoms with Crippen LogP contribution in [0.1, 0.15) is 11.7 Å². The molecule has 0 amide bonds. The first-order valence-corrected chi connectivity index (χ1v) is 11.6. The van der Waals surface area contributed by atoms with Crippen molar-refractivity contribution in [3.8, 4) is 0 Å². The third-order valence-electron chi connectivity index (χ3n) is 2.69. The summed E-state index contributed by atoms with van der Waals surface area (Å²) >= 11 is 3.90. The minimum Gasteiger partial charge on any atom is -0.418 e. The van der Waals surface area contributed by atoms with E-state index < -0.39 is 8.07 Å². The van der Waals surface area contributed by atoms with Crippen molar-refractivity contribution in [2.45, 2.75) is 25.7 Å². The molecule has 1 aromatic heterocycles. The van der Waals surface area contributed by atoms with Crippen molar-refractivity contribution in [3.63, 3.8) is 0 Å². The Balaban J connectivity index is 2.08. The SMILES string of the molecule is C[Si](C)(C)C[O+]1CCSC[C@@H]1c1ccsc1. The van der Waals surface area contributed by atoms with Gasteiger partial charge in [-0.1, -0.05) is 19.6 Å². The highest BCUT2D eigenvalue weighted by molar-refractivity contribution is 7.99. The molecular weight excluding hydrogens is 252 g/mol. The summed E-state index contributed by atoms with van der Waals surface area (Å²) in [6.45, 7) is 8.54. The second kappa shape index (κ2) is 5.25. The highest BCUT2D eigenvalue weighted by Gasteiger charge is 2.34. The van der Waals surface area contributed by atoms with Crippen LogP contribution in [0.3, 0.4) is 0 Å². The topological polar surface area (TPSA) is 2.70 Å². The predicted molar refractivity (Wildman–Crippen MR) is 78.6 cm³/mol. The Morgan fingerprint density at radius 3 is 2.88 bits per heavy atom. The number of hydrogen-bond acceptors (Lipinski definition) is 2. The summed E-state index contributed by atoms with van der Waals surface area (Å²) in [5, 5.41) is 4.50. The summed E-state index contributed by atoms with van der Waals surface area (Å²) in [7, 11) is -1.02. The van der Waals surface area contributed by atoms with Crippen LogP contribution >= 0.6 is 23.1 Å². The summed E-state index contributed by atoms with van der Waals surface area (Å²) in [6.07, 6.45) is 1.85. The molecule has 1 aliphatic heterocycles. The minimum absolute atomic E-state index is 0.594. The molecule has 1 aliphatic rings. The number of thioether (sulfide) groups is 1. The first-order chi connectivity index (χ1) is 7.56. The van der Waals surface area contributed by atoms with E-state index in [-0.39, 0.29) is 0 Å². The van der Waals surface area contributed by atoms with Gasteiger partial charge in [-0.15, -0.1) is 11.8 Å². The Labute approximate surface area is 108 Å². The number of hydrogen-bond donors (Lipinski definition) is 0. The normalized spacial score (nSPS) is 23.6. The quantitative estimate of drug-likeness (QED) is 0.595. The van der Waals surface area contributed by atoms with Crippen LogP contribution in [-0.2, 0) is 4.37 Å². The summed E-state index contributed by atoms with van der Waals surface area (Å²) in [5.74, 6) is 2.52. The van der Waals surface area contributed by atoms with Gasteiger partial charge < -0.3 is 4.37 Å². The van der Waals surface area contributed by atoms with Crippen molar-refractivity contribution >= 4 is 31.2 Å². The lowest BCUT2D eigenvalue weighted by Crippen LogP contribution is -2.40. The molecule has 0 aliphatic carbocycles. The van der Waals surface area contributed by atoms with E-state index in [1.54, 1.807) is 0 Å². The van der Waals surface area contributed by atoms with E-state index in [0.717, 1.165) is 0 Å². The molecule has 4 heteroatoms. The van der Waals surface area contributed by atoms with Gasteiger partial charge in [0, 0.05) is 10.9 Å². The molecule has 0 saturated carbocycles. The minimum atomic E-state index is -1.02.